The Kier molecular flexibility index (Phi) is 5.49. The first kappa shape index (κ1) is 20.8. The van der Waals surface area contributed by atoms with E-state index < -0.39 is 0 Å². The van der Waals surface area contributed by atoms with E-state index in [1.54, 1.807) is 7.11 Å². The number of hydrogen-bond acceptors (Lipinski definition) is 5. The number of ketones is 1. The standard InChI is InChI=1S/C26H29N3O3/c1-18-21(17-25-26(30)20-6-4-5-7-24(20)32-25)22-16-19(31-3)8-9-23(22)29(18)15-14-28-12-10-27(2)11-13-28/h4-9,16-17H,10-15H2,1-3H3/b25-17-. The van der Waals surface area contributed by atoms with Crippen molar-refractivity contribution in [3.63, 3.8) is 0 Å². The first-order chi connectivity index (χ1) is 15.5. The monoisotopic (exact) mass is 431 g/mol. The van der Waals surface area contributed by atoms with Crippen LogP contribution in [0.4, 0.5) is 0 Å². The number of aromatic nitrogens is 1. The van der Waals surface area contributed by atoms with Gasteiger partial charge in [-0.2, -0.15) is 0 Å². The molecule has 0 amide bonds. The van der Waals surface area contributed by atoms with E-state index in [2.05, 4.69) is 34.4 Å². The molecule has 3 heterocycles. The molecule has 0 spiro atoms. The van der Waals surface area contributed by atoms with E-state index in [1.165, 1.54) is 0 Å². The van der Waals surface area contributed by atoms with Gasteiger partial charge in [0.05, 0.1) is 12.7 Å². The van der Waals surface area contributed by atoms with Crippen molar-refractivity contribution in [3.05, 3.63) is 65.0 Å². The Morgan fingerprint density at radius 3 is 2.59 bits per heavy atom. The van der Waals surface area contributed by atoms with Crippen LogP contribution in [0.15, 0.2) is 48.2 Å². The van der Waals surface area contributed by atoms with Crippen molar-refractivity contribution >= 4 is 22.8 Å². The fourth-order valence-corrected chi connectivity index (χ4v) is 4.66. The third kappa shape index (κ3) is 3.70. The topological polar surface area (TPSA) is 46.9 Å². The molecule has 166 valence electrons. The summed E-state index contributed by atoms with van der Waals surface area (Å²) in [5, 5.41) is 1.07. The van der Waals surface area contributed by atoms with Crippen molar-refractivity contribution in [2.45, 2.75) is 13.5 Å². The van der Waals surface area contributed by atoms with Crippen LogP contribution in [0.25, 0.3) is 17.0 Å². The third-order valence-electron chi connectivity index (χ3n) is 6.67. The molecule has 1 saturated heterocycles. The molecule has 2 aliphatic heterocycles. The first-order valence-corrected chi connectivity index (χ1v) is 11.2. The molecule has 0 aliphatic carbocycles. The molecule has 2 aromatic carbocycles. The summed E-state index contributed by atoms with van der Waals surface area (Å²) in [6.07, 6.45) is 1.89. The molecule has 1 aromatic heterocycles. The van der Waals surface area contributed by atoms with Gasteiger partial charge in [0.1, 0.15) is 11.5 Å². The lowest BCUT2D eigenvalue weighted by Gasteiger charge is -2.32. The number of benzene rings is 2. The normalized spacial score (nSPS) is 18.3. The zero-order valence-electron chi connectivity index (χ0n) is 18.9. The van der Waals surface area contributed by atoms with Gasteiger partial charge in [0.2, 0.25) is 5.78 Å². The van der Waals surface area contributed by atoms with Gasteiger partial charge in [-0.05, 0) is 50.4 Å². The maximum absolute atomic E-state index is 12.9. The second-order valence-electron chi connectivity index (χ2n) is 8.61. The lowest BCUT2D eigenvalue weighted by Crippen LogP contribution is -2.45. The fraction of sp³-hybridized carbons (Fsp3) is 0.346. The summed E-state index contributed by atoms with van der Waals surface area (Å²) in [5.74, 6) is 1.73. The molecule has 5 rings (SSSR count). The van der Waals surface area contributed by atoms with Gasteiger partial charge >= 0.3 is 0 Å². The zero-order chi connectivity index (χ0) is 22.2. The molecule has 6 heteroatoms. The van der Waals surface area contributed by atoms with E-state index in [0.717, 1.165) is 67.2 Å². The lowest BCUT2D eigenvalue weighted by atomic mass is 10.1. The third-order valence-corrected chi connectivity index (χ3v) is 6.67. The highest BCUT2D eigenvalue weighted by atomic mass is 16.5. The minimum absolute atomic E-state index is 0.0683. The maximum atomic E-state index is 12.9. The van der Waals surface area contributed by atoms with Crippen LogP contribution < -0.4 is 9.47 Å². The quantitative estimate of drug-likeness (QED) is 0.575. The van der Waals surface area contributed by atoms with Crippen LogP contribution in [0.1, 0.15) is 21.6 Å². The Labute approximate surface area is 188 Å². The molecule has 1 fully saturated rings. The van der Waals surface area contributed by atoms with E-state index >= 15 is 0 Å². The molecule has 0 radical (unpaired) electrons. The summed E-state index contributed by atoms with van der Waals surface area (Å²) >= 11 is 0. The second kappa shape index (κ2) is 8.45. The van der Waals surface area contributed by atoms with E-state index in [-0.39, 0.29) is 5.78 Å². The molecule has 3 aromatic rings. The SMILES string of the molecule is COc1ccc2c(c1)c(/C=C1\Oc3ccccc3C1=O)c(C)n2CCN1CCN(C)CC1. The summed E-state index contributed by atoms with van der Waals surface area (Å²) in [6.45, 7) is 8.44. The number of para-hydroxylation sites is 1. The van der Waals surface area contributed by atoms with E-state index in [9.17, 15) is 4.79 Å². The van der Waals surface area contributed by atoms with Crippen LogP contribution in [0, 0.1) is 6.92 Å². The average Bonchev–Trinajstić information content (AvgIpc) is 3.27. The molecule has 0 atom stereocenters. The minimum Gasteiger partial charge on any atom is -0.497 e. The fourth-order valence-electron chi connectivity index (χ4n) is 4.66. The predicted octanol–water partition coefficient (Wildman–Crippen LogP) is 3.82. The van der Waals surface area contributed by atoms with E-state index in [4.69, 9.17) is 9.47 Å². The first-order valence-electron chi connectivity index (χ1n) is 11.2. The number of methoxy groups -OCH3 is 1. The summed E-state index contributed by atoms with van der Waals surface area (Å²) < 4.78 is 13.8. The highest BCUT2D eigenvalue weighted by Crippen LogP contribution is 2.35. The molecular weight excluding hydrogens is 402 g/mol. The molecule has 6 nitrogen and oxygen atoms in total. The second-order valence-corrected chi connectivity index (χ2v) is 8.61. The number of likely N-dealkylation sites (N-methyl/N-ethyl adjacent to an activating group) is 1. The smallest absolute Gasteiger partial charge is 0.231 e. The number of nitrogens with zero attached hydrogens (tertiary/aromatic N) is 3. The molecule has 0 saturated carbocycles. The Bertz CT molecular complexity index is 1200. The highest BCUT2D eigenvalue weighted by Gasteiger charge is 2.27. The number of hydrogen-bond donors (Lipinski definition) is 0. The van der Waals surface area contributed by atoms with E-state index in [0.29, 0.717) is 17.1 Å². The van der Waals surface area contributed by atoms with Crippen molar-refractivity contribution in [3.8, 4) is 11.5 Å². The van der Waals surface area contributed by atoms with Crippen LogP contribution in [-0.2, 0) is 6.54 Å². The Morgan fingerprint density at radius 1 is 1.06 bits per heavy atom. The summed E-state index contributed by atoms with van der Waals surface area (Å²) in [7, 11) is 3.86. The van der Waals surface area contributed by atoms with Crippen LogP contribution in [0.5, 0.6) is 11.5 Å². The van der Waals surface area contributed by atoms with Crippen molar-refractivity contribution in [2.24, 2.45) is 0 Å². The van der Waals surface area contributed by atoms with Crippen LogP contribution in [0.3, 0.4) is 0 Å². The summed E-state index contributed by atoms with van der Waals surface area (Å²) in [6, 6.07) is 13.6. The maximum Gasteiger partial charge on any atom is 0.231 e. The van der Waals surface area contributed by atoms with Gasteiger partial charge in [-0.15, -0.1) is 0 Å². The number of carbonyl (C=O) groups excluding carboxylic acids is 1. The highest BCUT2D eigenvalue weighted by molar-refractivity contribution is 6.15. The lowest BCUT2D eigenvalue weighted by molar-refractivity contribution is 0.101. The van der Waals surface area contributed by atoms with Gasteiger partial charge in [-0.1, -0.05) is 12.1 Å². The van der Waals surface area contributed by atoms with Gasteiger partial charge in [0, 0.05) is 61.4 Å². The number of piperazine rings is 1. The Hall–Kier alpha value is -3.09. The number of carbonyl (C=O) groups is 1. The van der Waals surface area contributed by atoms with E-state index in [1.807, 2.05) is 42.5 Å². The molecule has 2 aliphatic rings. The van der Waals surface area contributed by atoms with Crippen LogP contribution in [-0.4, -0.2) is 67.0 Å². The van der Waals surface area contributed by atoms with Crippen molar-refractivity contribution in [2.75, 3.05) is 46.9 Å². The van der Waals surface area contributed by atoms with Gasteiger partial charge in [-0.3, -0.25) is 9.69 Å². The minimum atomic E-state index is -0.0683. The largest absolute Gasteiger partial charge is 0.497 e. The predicted molar refractivity (Wildman–Crippen MR) is 127 cm³/mol. The van der Waals surface area contributed by atoms with Crippen molar-refractivity contribution < 1.29 is 14.3 Å². The summed E-state index contributed by atoms with van der Waals surface area (Å²) in [5.41, 5.74) is 3.90. The molecule has 0 N–H and O–H groups in total. The number of allylic oxidation sites excluding steroid dienone is 1. The van der Waals surface area contributed by atoms with Gasteiger partial charge in [-0.25, -0.2) is 0 Å². The van der Waals surface area contributed by atoms with Gasteiger partial charge in [0.25, 0.3) is 0 Å². The zero-order valence-corrected chi connectivity index (χ0v) is 18.9. The van der Waals surface area contributed by atoms with Crippen molar-refractivity contribution in [1.29, 1.82) is 0 Å². The van der Waals surface area contributed by atoms with Gasteiger partial charge in [0.15, 0.2) is 5.76 Å². The Morgan fingerprint density at radius 2 is 1.84 bits per heavy atom. The van der Waals surface area contributed by atoms with Crippen LogP contribution in [0.2, 0.25) is 0 Å². The molecule has 0 bridgehead atoms. The number of Topliss-reactive ketones (excluding diaryl/α,β-unsaturated/α-hetero) is 1. The molecule has 32 heavy (non-hydrogen) atoms. The summed E-state index contributed by atoms with van der Waals surface area (Å²) in [4.78, 5) is 17.8. The number of fused-ring (bicyclic) bond motifs is 2. The van der Waals surface area contributed by atoms with Crippen LogP contribution >= 0.6 is 0 Å². The number of ether oxygens (including phenoxy) is 2. The van der Waals surface area contributed by atoms with Gasteiger partial charge < -0.3 is 18.9 Å². The van der Waals surface area contributed by atoms with Crippen molar-refractivity contribution in [1.82, 2.24) is 14.4 Å². The number of rotatable bonds is 5. The Balaban J connectivity index is 1.51. The average molecular weight is 432 g/mol. The molecule has 0 unspecified atom stereocenters. The molecular formula is C26H29N3O3.